The molecule has 0 bridgehead atoms. The van der Waals surface area contributed by atoms with Gasteiger partial charge in [-0.05, 0) is 34.5 Å². The van der Waals surface area contributed by atoms with Crippen LogP contribution < -0.4 is 16.6 Å². The molecule has 0 aliphatic carbocycles. The molecule has 0 saturated heterocycles. The van der Waals surface area contributed by atoms with Gasteiger partial charge in [0.25, 0.3) is 0 Å². The fourth-order valence-corrected chi connectivity index (χ4v) is 1.85. The normalized spacial score (nSPS) is 10.4. The van der Waals surface area contributed by atoms with E-state index in [9.17, 15) is 8.78 Å². The summed E-state index contributed by atoms with van der Waals surface area (Å²) in [5, 5.41) is 2.67. The number of halogens is 3. The second-order valence-electron chi connectivity index (χ2n) is 3.74. The molecular weight excluding hydrogens is 320 g/mol. The van der Waals surface area contributed by atoms with E-state index in [1.165, 1.54) is 13.3 Å². The van der Waals surface area contributed by atoms with Gasteiger partial charge in [0, 0.05) is 6.07 Å². The standard InChI is InChI=1S/C11H10BrF2N5/c1-5-2-7(14)8(3-6(5)13)18-10-9(12)11(19-15)17-4-16-10/h2-4H,15H2,1H3,(H2,16,17,18,19). The molecule has 5 nitrogen and oxygen atoms in total. The zero-order valence-corrected chi connectivity index (χ0v) is 11.4. The van der Waals surface area contributed by atoms with E-state index in [0.717, 1.165) is 12.1 Å². The van der Waals surface area contributed by atoms with Crippen LogP contribution in [-0.4, -0.2) is 9.97 Å². The maximum absolute atomic E-state index is 13.7. The van der Waals surface area contributed by atoms with Crippen molar-refractivity contribution in [1.82, 2.24) is 9.97 Å². The highest BCUT2D eigenvalue weighted by Crippen LogP contribution is 2.30. The lowest BCUT2D eigenvalue weighted by atomic mass is 10.2. The molecule has 0 fully saturated rings. The van der Waals surface area contributed by atoms with Crippen LogP contribution in [0.1, 0.15) is 5.56 Å². The van der Waals surface area contributed by atoms with E-state index in [0.29, 0.717) is 10.3 Å². The number of hydrogen-bond donors (Lipinski definition) is 3. The van der Waals surface area contributed by atoms with Crippen LogP contribution in [0.15, 0.2) is 22.9 Å². The molecule has 0 unspecified atom stereocenters. The van der Waals surface area contributed by atoms with Crippen LogP contribution in [0.25, 0.3) is 0 Å². The van der Waals surface area contributed by atoms with Crippen molar-refractivity contribution in [3.8, 4) is 0 Å². The molecule has 0 atom stereocenters. The smallest absolute Gasteiger partial charge is 0.159 e. The second-order valence-corrected chi connectivity index (χ2v) is 4.53. The van der Waals surface area contributed by atoms with Crippen LogP contribution >= 0.6 is 15.9 Å². The zero-order chi connectivity index (χ0) is 14.0. The molecule has 8 heteroatoms. The summed E-state index contributed by atoms with van der Waals surface area (Å²) in [7, 11) is 0. The van der Waals surface area contributed by atoms with Crippen molar-refractivity contribution in [1.29, 1.82) is 0 Å². The van der Waals surface area contributed by atoms with E-state index in [4.69, 9.17) is 5.84 Å². The number of aryl methyl sites for hydroxylation is 1. The minimum Gasteiger partial charge on any atom is -0.337 e. The Balaban J connectivity index is 2.39. The average Bonchev–Trinajstić information content (AvgIpc) is 2.38. The van der Waals surface area contributed by atoms with Crippen molar-refractivity contribution in [2.45, 2.75) is 6.92 Å². The number of nitrogens with one attached hydrogen (secondary N) is 2. The van der Waals surface area contributed by atoms with E-state index in [-0.39, 0.29) is 17.1 Å². The predicted molar refractivity (Wildman–Crippen MR) is 71.9 cm³/mol. The van der Waals surface area contributed by atoms with Gasteiger partial charge < -0.3 is 10.7 Å². The lowest BCUT2D eigenvalue weighted by Gasteiger charge is -2.11. The number of anilines is 3. The van der Waals surface area contributed by atoms with Gasteiger partial charge in [-0.1, -0.05) is 0 Å². The van der Waals surface area contributed by atoms with Crippen molar-refractivity contribution in [3.63, 3.8) is 0 Å². The van der Waals surface area contributed by atoms with Crippen LogP contribution in [0.4, 0.5) is 26.1 Å². The number of aromatic nitrogens is 2. The largest absolute Gasteiger partial charge is 0.337 e. The van der Waals surface area contributed by atoms with Crippen LogP contribution in [0, 0.1) is 18.6 Å². The third-order valence-corrected chi connectivity index (χ3v) is 3.18. The first-order valence-corrected chi connectivity index (χ1v) is 6.02. The number of benzene rings is 1. The number of hydrogen-bond acceptors (Lipinski definition) is 5. The Morgan fingerprint density at radius 3 is 2.53 bits per heavy atom. The Labute approximate surface area is 116 Å². The number of nitrogens with zero attached hydrogens (tertiary/aromatic N) is 2. The number of hydrazine groups is 1. The third kappa shape index (κ3) is 2.79. The first kappa shape index (κ1) is 13.6. The van der Waals surface area contributed by atoms with E-state index in [2.05, 4.69) is 36.6 Å². The zero-order valence-electron chi connectivity index (χ0n) is 9.84. The topological polar surface area (TPSA) is 75.9 Å². The number of nitrogens with two attached hydrogens (primary N) is 1. The molecule has 0 aliphatic heterocycles. The Morgan fingerprint density at radius 2 is 1.84 bits per heavy atom. The minimum absolute atomic E-state index is 0.0227. The van der Waals surface area contributed by atoms with Crippen molar-refractivity contribution in [2.24, 2.45) is 5.84 Å². The molecule has 0 radical (unpaired) electrons. The summed E-state index contributed by atoms with van der Waals surface area (Å²) in [6, 6.07) is 2.17. The molecule has 1 heterocycles. The highest BCUT2D eigenvalue weighted by Gasteiger charge is 2.12. The molecule has 0 amide bonds. The Morgan fingerprint density at radius 1 is 1.16 bits per heavy atom. The van der Waals surface area contributed by atoms with Gasteiger partial charge in [0.1, 0.15) is 28.3 Å². The molecule has 2 aromatic rings. The molecule has 4 N–H and O–H groups in total. The molecule has 2 rings (SSSR count). The lowest BCUT2D eigenvalue weighted by Crippen LogP contribution is -2.10. The maximum atomic E-state index is 13.7. The second kappa shape index (κ2) is 5.45. The molecule has 1 aromatic carbocycles. The quantitative estimate of drug-likeness (QED) is 0.596. The molecule has 0 saturated carbocycles. The van der Waals surface area contributed by atoms with Gasteiger partial charge in [-0.3, -0.25) is 0 Å². The van der Waals surface area contributed by atoms with Crippen LogP contribution in [0.5, 0.6) is 0 Å². The summed E-state index contributed by atoms with van der Waals surface area (Å²) >= 11 is 3.21. The van der Waals surface area contributed by atoms with Gasteiger partial charge in [0.05, 0.1) is 5.69 Å². The lowest BCUT2D eigenvalue weighted by molar-refractivity contribution is 0.595. The fraction of sp³-hybridized carbons (Fsp3) is 0.0909. The highest BCUT2D eigenvalue weighted by atomic mass is 79.9. The summed E-state index contributed by atoms with van der Waals surface area (Å²) < 4.78 is 27.5. The van der Waals surface area contributed by atoms with Gasteiger partial charge in [0.15, 0.2) is 5.82 Å². The predicted octanol–water partition coefficient (Wildman–Crippen LogP) is 2.85. The van der Waals surface area contributed by atoms with Crippen molar-refractivity contribution < 1.29 is 8.78 Å². The van der Waals surface area contributed by atoms with Gasteiger partial charge in [-0.25, -0.2) is 24.6 Å². The van der Waals surface area contributed by atoms with Crippen molar-refractivity contribution >= 4 is 33.3 Å². The summed E-state index contributed by atoms with van der Waals surface area (Å²) in [6.45, 7) is 1.49. The molecule has 100 valence electrons. The first-order valence-electron chi connectivity index (χ1n) is 5.22. The molecular formula is C11H10BrF2N5. The number of rotatable bonds is 3. The number of nitrogen functional groups attached to an aromatic ring is 1. The molecule has 0 spiro atoms. The van der Waals surface area contributed by atoms with Gasteiger partial charge in [-0.15, -0.1) is 0 Å². The monoisotopic (exact) mass is 329 g/mol. The molecule has 1 aromatic heterocycles. The maximum Gasteiger partial charge on any atom is 0.159 e. The van der Waals surface area contributed by atoms with Gasteiger partial charge >= 0.3 is 0 Å². The average molecular weight is 330 g/mol. The van der Waals surface area contributed by atoms with E-state index in [1.54, 1.807) is 0 Å². The van der Waals surface area contributed by atoms with Crippen LogP contribution in [0.3, 0.4) is 0 Å². The first-order chi connectivity index (χ1) is 9.02. The fourth-order valence-electron chi connectivity index (χ4n) is 1.43. The molecule has 19 heavy (non-hydrogen) atoms. The third-order valence-electron chi connectivity index (χ3n) is 2.43. The van der Waals surface area contributed by atoms with Gasteiger partial charge in [0.2, 0.25) is 0 Å². The van der Waals surface area contributed by atoms with E-state index < -0.39 is 11.6 Å². The molecule has 0 aliphatic rings. The summed E-state index contributed by atoms with van der Waals surface area (Å²) in [4.78, 5) is 7.77. The van der Waals surface area contributed by atoms with Crippen LogP contribution in [0.2, 0.25) is 0 Å². The highest BCUT2D eigenvalue weighted by molar-refractivity contribution is 9.10. The SMILES string of the molecule is Cc1cc(F)c(Nc2ncnc(NN)c2Br)cc1F. The van der Waals surface area contributed by atoms with E-state index in [1.807, 2.05) is 0 Å². The van der Waals surface area contributed by atoms with E-state index >= 15 is 0 Å². The van der Waals surface area contributed by atoms with Crippen molar-refractivity contribution in [3.05, 3.63) is 40.1 Å². The Kier molecular flexibility index (Phi) is 3.91. The summed E-state index contributed by atoms with van der Waals surface area (Å²) in [6.07, 6.45) is 1.24. The van der Waals surface area contributed by atoms with Crippen LogP contribution in [-0.2, 0) is 0 Å². The Bertz CT molecular complexity index is 620. The minimum atomic E-state index is -0.577. The summed E-state index contributed by atoms with van der Waals surface area (Å²) in [5.74, 6) is 4.76. The van der Waals surface area contributed by atoms with Gasteiger partial charge in [-0.2, -0.15) is 0 Å². The summed E-state index contributed by atoms with van der Waals surface area (Å²) in [5.41, 5.74) is 2.56. The Hall–Kier alpha value is -1.80. The van der Waals surface area contributed by atoms with Crippen molar-refractivity contribution in [2.75, 3.05) is 10.7 Å².